The summed E-state index contributed by atoms with van der Waals surface area (Å²) < 4.78 is 0. The van der Waals surface area contributed by atoms with Crippen molar-refractivity contribution < 1.29 is 0 Å². The van der Waals surface area contributed by atoms with Gasteiger partial charge in [-0.05, 0) is 48.5 Å². The lowest BCUT2D eigenvalue weighted by molar-refractivity contribution is 1.37. The van der Waals surface area contributed by atoms with Crippen LogP contribution in [-0.2, 0) is 0 Å². The summed E-state index contributed by atoms with van der Waals surface area (Å²) >= 11 is 11.9. The second kappa shape index (κ2) is 5.19. The van der Waals surface area contributed by atoms with Crippen LogP contribution >= 0.6 is 23.2 Å². The predicted octanol–water partition coefficient (Wildman–Crippen LogP) is 4.87. The molecule has 0 aliphatic heterocycles. The van der Waals surface area contributed by atoms with Gasteiger partial charge in [0.25, 0.3) is 0 Å². The van der Waals surface area contributed by atoms with Crippen LogP contribution in [-0.4, -0.2) is 4.98 Å². The van der Waals surface area contributed by atoms with Crippen LogP contribution in [0.25, 0.3) is 10.9 Å². The second-order valence-corrected chi connectivity index (χ2v) is 5.30. The number of nitrogen functional groups attached to an aromatic ring is 1. The van der Waals surface area contributed by atoms with Gasteiger partial charge in [-0.1, -0.05) is 23.2 Å². The van der Waals surface area contributed by atoms with Gasteiger partial charge in [0.15, 0.2) is 0 Å². The van der Waals surface area contributed by atoms with Crippen molar-refractivity contribution in [2.24, 2.45) is 0 Å². The van der Waals surface area contributed by atoms with E-state index in [1.54, 1.807) is 18.2 Å². The molecule has 1 heterocycles. The molecule has 0 bridgehead atoms. The molecule has 0 aliphatic carbocycles. The Kier molecular flexibility index (Phi) is 3.38. The molecule has 100 valence electrons. The maximum atomic E-state index is 5.97. The molecule has 0 saturated carbocycles. The summed E-state index contributed by atoms with van der Waals surface area (Å²) in [5.74, 6) is 0.723. The first-order valence-electron chi connectivity index (χ1n) is 5.99. The van der Waals surface area contributed by atoms with Gasteiger partial charge in [-0.25, -0.2) is 4.98 Å². The maximum Gasteiger partial charge on any atom is 0.131 e. The van der Waals surface area contributed by atoms with E-state index in [2.05, 4.69) is 10.3 Å². The van der Waals surface area contributed by atoms with Crippen molar-refractivity contribution in [3.63, 3.8) is 0 Å². The molecule has 3 aromatic rings. The lowest BCUT2D eigenvalue weighted by Crippen LogP contribution is -1.94. The van der Waals surface area contributed by atoms with E-state index >= 15 is 0 Å². The molecular weight excluding hydrogens is 293 g/mol. The van der Waals surface area contributed by atoms with Gasteiger partial charge < -0.3 is 11.1 Å². The van der Waals surface area contributed by atoms with Crippen molar-refractivity contribution >= 4 is 51.3 Å². The van der Waals surface area contributed by atoms with E-state index in [-0.39, 0.29) is 0 Å². The van der Waals surface area contributed by atoms with Crippen molar-refractivity contribution in [2.45, 2.75) is 0 Å². The fourth-order valence-corrected chi connectivity index (χ4v) is 2.51. The minimum atomic E-state index is 0.577. The lowest BCUT2D eigenvalue weighted by atomic mass is 10.2. The second-order valence-electron chi connectivity index (χ2n) is 4.43. The van der Waals surface area contributed by atoms with Gasteiger partial charge in [0, 0.05) is 26.8 Å². The molecule has 0 radical (unpaired) electrons. The summed E-state index contributed by atoms with van der Waals surface area (Å²) in [4.78, 5) is 4.52. The van der Waals surface area contributed by atoms with E-state index in [0.717, 1.165) is 28.1 Å². The number of nitrogens with one attached hydrogen (secondary N) is 1. The zero-order chi connectivity index (χ0) is 14.1. The molecule has 20 heavy (non-hydrogen) atoms. The van der Waals surface area contributed by atoms with E-state index in [9.17, 15) is 0 Å². The summed E-state index contributed by atoms with van der Waals surface area (Å²) in [6.07, 6.45) is 0. The predicted molar refractivity (Wildman–Crippen MR) is 85.9 cm³/mol. The molecule has 0 fully saturated rings. The highest BCUT2D eigenvalue weighted by molar-refractivity contribution is 6.35. The summed E-state index contributed by atoms with van der Waals surface area (Å²) in [6, 6.07) is 14.7. The number of benzene rings is 2. The SMILES string of the molecule is Nc1ccc2nc(Nc3cc(Cl)cc(Cl)c3)ccc2c1. The fourth-order valence-electron chi connectivity index (χ4n) is 1.99. The minimum Gasteiger partial charge on any atom is -0.399 e. The first kappa shape index (κ1) is 13.0. The molecule has 0 atom stereocenters. The Morgan fingerprint density at radius 2 is 1.65 bits per heavy atom. The number of hydrogen-bond acceptors (Lipinski definition) is 3. The number of nitrogens with two attached hydrogens (primary N) is 1. The van der Waals surface area contributed by atoms with Crippen LogP contribution in [0.1, 0.15) is 0 Å². The van der Waals surface area contributed by atoms with Gasteiger partial charge in [0.1, 0.15) is 5.82 Å². The van der Waals surface area contributed by atoms with Gasteiger partial charge in [-0.15, -0.1) is 0 Å². The average molecular weight is 304 g/mol. The molecule has 0 saturated heterocycles. The Hall–Kier alpha value is -1.97. The van der Waals surface area contributed by atoms with E-state index in [1.165, 1.54) is 0 Å². The number of fused-ring (bicyclic) bond motifs is 1. The summed E-state index contributed by atoms with van der Waals surface area (Å²) in [5.41, 5.74) is 8.14. The molecule has 3 nitrogen and oxygen atoms in total. The largest absolute Gasteiger partial charge is 0.399 e. The Morgan fingerprint density at radius 1 is 0.900 bits per heavy atom. The van der Waals surface area contributed by atoms with Crippen LogP contribution in [0.15, 0.2) is 48.5 Å². The molecular formula is C15H11Cl2N3. The van der Waals surface area contributed by atoms with Crippen molar-refractivity contribution in [1.29, 1.82) is 0 Å². The van der Waals surface area contributed by atoms with Gasteiger partial charge in [0.2, 0.25) is 0 Å². The summed E-state index contributed by atoms with van der Waals surface area (Å²) in [5, 5.41) is 5.34. The monoisotopic (exact) mass is 303 g/mol. The fraction of sp³-hybridized carbons (Fsp3) is 0. The lowest BCUT2D eigenvalue weighted by Gasteiger charge is -2.08. The standard InChI is InChI=1S/C15H11Cl2N3/c16-10-6-11(17)8-13(7-10)19-15-4-1-9-5-12(18)2-3-14(9)20-15/h1-8H,18H2,(H,19,20). The third-order valence-electron chi connectivity index (χ3n) is 2.85. The van der Waals surface area contributed by atoms with E-state index in [0.29, 0.717) is 10.0 Å². The van der Waals surface area contributed by atoms with E-state index < -0.39 is 0 Å². The highest BCUT2D eigenvalue weighted by atomic mass is 35.5. The minimum absolute atomic E-state index is 0.577. The van der Waals surface area contributed by atoms with Gasteiger partial charge in [-0.2, -0.15) is 0 Å². The first-order valence-corrected chi connectivity index (χ1v) is 6.75. The highest BCUT2D eigenvalue weighted by Crippen LogP contribution is 2.25. The van der Waals surface area contributed by atoms with E-state index in [4.69, 9.17) is 28.9 Å². The van der Waals surface area contributed by atoms with Crippen molar-refractivity contribution in [3.8, 4) is 0 Å². The number of halogens is 2. The number of pyridine rings is 1. The molecule has 0 spiro atoms. The molecule has 1 aromatic heterocycles. The number of nitrogens with zero attached hydrogens (tertiary/aromatic N) is 1. The van der Waals surface area contributed by atoms with Crippen LogP contribution in [0.2, 0.25) is 10.0 Å². The molecule has 0 unspecified atom stereocenters. The molecule has 0 aliphatic rings. The van der Waals surface area contributed by atoms with E-state index in [1.807, 2.05) is 30.3 Å². The molecule has 3 rings (SSSR count). The number of rotatable bonds is 2. The number of anilines is 3. The maximum absolute atomic E-state index is 5.97. The topological polar surface area (TPSA) is 50.9 Å². The van der Waals surface area contributed by atoms with Crippen LogP contribution in [0.5, 0.6) is 0 Å². The summed E-state index contributed by atoms with van der Waals surface area (Å²) in [7, 11) is 0. The van der Waals surface area contributed by atoms with Crippen LogP contribution in [0.4, 0.5) is 17.2 Å². The zero-order valence-corrected chi connectivity index (χ0v) is 11.9. The Labute approximate surface area is 126 Å². The Bertz CT molecular complexity index is 767. The highest BCUT2D eigenvalue weighted by Gasteiger charge is 2.02. The molecule has 3 N–H and O–H groups in total. The van der Waals surface area contributed by atoms with Gasteiger partial charge in [-0.3, -0.25) is 0 Å². The van der Waals surface area contributed by atoms with Crippen molar-refractivity contribution in [2.75, 3.05) is 11.1 Å². The Morgan fingerprint density at radius 3 is 2.40 bits per heavy atom. The van der Waals surface area contributed by atoms with Gasteiger partial charge in [0.05, 0.1) is 5.52 Å². The van der Waals surface area contributed by atoms with Crippen molar-refractivity contribution in [3.05, 3.63) is 58.6 Å². The third-order valence-corrected chi connectivity index (χ3v) is 3.28. The third kappa shape index (κ3) is 2.79. The van der Waals surface area contributed by atoms with Crippen molar-refractivity contribution in [1.82, 2.24) is 4.98 Å². The first-order chi connectivity index (χ1) is 9.60. The normalized spacial score (nSPS) is 10.7. The molecule has 5 heteroatoms. The van der Waals surface area contributed by atoms with Gasteiger partial charge >= 0.3 is 0 Å². The zero-order valence-electron chi connectivity index (χ0n) is 10.4. The number of aromatic nitrogens is 1. The molecule has 2 aromatic carbocycles. The quantitative estimate of drug-likeness (QED) is 0.664. The van der Waals surface area contributed by atoms with Crippen LogP contribution in [0, 0.1) is 0 Å². The number of hydrogen-bond donors (Lipinski definition) is 2. The van der Waals surface area contributed by atoms with Crippen LogP contribution < -0.4 is 11.1 Å². The summed E-state index contributed by atoms with van der Waals surface area (Å²) in [6.45, 7) is 0. The molecule has 0 amide bonds. The average Bonchev–Trinajstić information content (AvgIpc) is 2.38. The Balaban J connectivity index is 1.96. The van der Waals surface area contributed by atoms with Crippen LogP contribution in [0.3, 0.4) is 0 Å². The smallest absolute Gasteiger partial charge is 0.131 e.